The number of benzene rings is 1. The van der Waals surface area contributed by atoms with Gasteiger partial charge in [0.25, 0.3) is 0 Å². The molecule has 1 aliphatic carbocycles. The van der Waals surface area contributed by atoms with Gasteiger partial charge in [0.05, 0.1) is 0 Å². The highest BCUT2D eigenvalue weighted by atomic mass is 35.5. The topological polar surface area (TPSA) is 26.0 Å². The van der Waals surface area contributed by atoms with Crippen molar-refractivity contribution in [2.24, 2.45) is 5.73 Å². The average Bonchev–Trinajstić information content (AvgIpc) is 2.55. The number of rotatable bonds is 2. The molecule has 0 aliphatic heterocycles. The zero-order valence-corrected chi connectivity index (χ0v) is 11.5. The van der Waals surface area contributed by atoms with Crippen molar-refractivity contribution in [3.8, 4) is 0 Å². The minimum atomic E-state index is -0.00801. The largest absolute Gasteiger partial charge is 0.330 e. The monoisotopic (exact) mass is 271 g/mol. The molecule has 94 valence electrons. The molecule has 2 N–H and O–H groups in total. The van der Waals surface area contributed by atoms with E-state index in [-0.39, 0.29) is 5.41 Å². The molecule has 1 aromatic rings. The first-order valence-corrected chi connectivity index (χ1v) is 7.10. The quantitative estimate of drug-likeness (QED) is 0.785. The molecule has 0 spiro atoms. The van der Waals surface area contributed by atoms with Crippen LogP contribution in [0.5, 0.6) is 0 Å². The van der Waals surface area contributed by atoms with Gasteiger partial charge >= 0.3 is 0 Å². The van der Waals surface area contributed by atoms with Crippen molar-refractivity contribution in [3.05, 3.63) is 33.8 Å². The molecule has 0 bridgehead atoms. The zero-order chi connectivity index (χ0) is 12.3. The van der Waals surface area contributed by atoms with Crippen LogP contribution in [0.2, 0.25) is 10.0 Å². The Balaban J connectivity index is 2.45. The van der Waals surface area contributed by atoms with E-state index in [9.17, 15) is 0 Å². The fourth-order valence-corrected chi connectivity index (χ4v) is 3.76. The fraction of sp³-hybridized carbons (Fsp3) is 0.571. The maximum absolute atomic E-state index is 6.34. The van der Waals surface area contributed by atoms with E-state index in [4.69, 9.17) is 28.9 Å². The summed E-state index contributed by atoms with van der Waals surface area (Å²) in [7, 11) is 0. The van der Waals surface area contributed by atoms with Crippen LogP contribution in [-0.4, -0.2) is 6.54 Å². The van der Waals surface area contributed by atoms with E-state index in [1.165, 1.54) is 25.7 Å². The molecular formula is C14H19Cl2N. The van der Waals surface area contributed by atoms with E-state index < -0.39 is 0 Å². The molecule has 1 aliphatic rings. The van der Waals surface area contributed by atoms with Crippen LogP contribution in [0.3, 0.4) is 0 Å². The normalized spacial score (nSPS) is 19.9. The van der Waals surface area contributed by atoms with Crippen molar-refractivity contribution in [2.75, 3.05) is 6.54 Å². The highest BCUT2D eigenvalue weighted by Crippen LogP contribution is 2.43. The van der Waals surface area contributed by atoms with Gasteiger partial charge in [-0.1, -0.05) is 55.0 Å². The molecule has 0 aromatic heterocycles. The third-order valence-corrected chi connectivity index (χ3v) is 4.57. The lowest BCUT2D eigenvalue weighted by Crippen LogP contribution is -2.35. The Morgan fingerprint density at radius 1 is 1.00 bits per heavy atom. The molecule has 0 unspecified atom stereocenters. The molecule has 17 heavy (non-hydrogen) atoms. The van der Waals surface area contributed by atoms with Gasteiger partial charge in [0.1, 0.15) is 0 Å². The summed E-state index contributed by atoms with van der Waals surface area (Å²) in [5, 5.41) is 1.54. The van der Waals surface area contributed by atoms with Crippen LogP contribution in [-0.2, 0) is 5.41 Å². The van der Waals surface area contributed by atoms with E-state index >= 15 is 0 Å². The molecule has 0 saturated heterocycles. The van der Waals surface area contributed by atoms with Gasteiger partial charge in [-0.15, -0.1) is 0 Å². The number of nitrogens with two attached hydrogens (primary N) is 1. The van der Waals surface area contributed by atoms with Crippen molar-refractivity contribution < 1.29 is 0 Å². The molecule has 1 saturated carbocycles. The smallest absolute Gasteiger partial charge is 0.0459 e. The van der Waals surface area contributed by atoms with Crippen LogP contribution in [0.25, 0.3) is 0 Å². The van der Waals surface area contributed by atoms with Gasteiger partial charge in [0.2, 0.25) is 0 Å². The van der Waals surface area contributed by atoms with Gasteiger partial charge in [0.15, 0.2) is 0 Å². The lowest BCUT2D eigenvalue weighted by molar-refractivity contribution is 0.381. The summed E-state index contributed by atoms with van der Waals surface area (Å²) in [6.07, 6.45) is 7.24. The van der Waals surface area contributed by atoms with E-state index in [0.29, 0.717) is 6.54 Å². The summed E-state index contributed by atoms with van der Waals surface area (Å²) >= 11 is 12.7. The summed E-state index contributed by atoms with van der Waals surface area (Å²) in [6, 6.07) is 5.74. The second kappa shape index (κ2) is 5.60. The van der Waals surface area contributed by atoms with Gasteiger partial charge in [-0.05, 0) is 30.5 Å². The molecular weight excluding hydrogens is 253 g/mol. The summed E-state index contributed by atoms with van der Waals surface area (Å²) < 4.78 is 0. The Morgan fingerprint density at radius 2 is 1.53 bits per heavy atom. The lowest BCUT2D eigenvalue weighted by atomic mass is 9.74. The van der Waals surface area contributed by atoms with Crippen molar-refractivity contribution in [2.45, 2.75) is 43.9 Å². The van der Waals surface area contributed by atoms with Crippen LogP contribution in [0, 0.1) is 0 Å². The maximum Gasteiger partial charge on any atom is 0.0459 e. The lowest BCUT2D eigenvalue weighted by Gasteiger charge is -2.33. The van der Waals surface area contributed by atoms with Crippen molar-refractivity contribution in [1.82, 2.24) is 0 Å². The minimum absolute atomic E-state index is 0.00801. The molecule has 1 aromatic carbocycles. The Bertz CT molecular complexity index is 362. The van der Waals surface area contributed by atoms with Crippen molar-refractivity contribution in [3.63, 3.8) is 0 Å². The summed E-state index contributed by atoms with van der Waals surface area (Å²) in [5.41, 5.74) is 7.13. The van der Waals surface area contributed by atoms with E-state index in [1.807, 2.05) is 18.2 Å². The second-order valence-corrected chi connectivity index (χ2v) is 5.81. The van der Waals surface area contributed by atoms with Crippen LogP contribution in [0.4, 0.5) is 0 Å². The first-order chi connectivity index (χ1) is 8.19. The highest BCUT2D eigenvalue weighted by Gasteiger charge is 2.34. The average molecular weight is 272 g/mol. The van der Waals surface area contributed by atoms with E-state index in [2.05, 4.69) is 0 Å². The Hall–Kier alpha value is -0.240. The summed E-state index contributed by atoms with van der Waals surface area (Å²) in [5.74, 6) is 0. The molecule has 0 radical (unpaired) electrons. The van der Waals surface area contributed by atoms with Gasteiger partial charge in [-0.25, -0.2) is 0 Å². The first-order valence-electron chi connectivity index (χ1n) is 6.34. The van der Waals surface area contributed by atoms with E-state index in [1.54, 1.807) is 0 Å². The highest BCUT2D eigenvalue weighted by molar-refractivity contribution is 6.36. The number of hydrogen-bond donors (Lipinski definition) is 1. The third-order valence-electron chi connectivity index (χ3n) is 3.94. The molecule has 3 heteroatoms. The second-order valence-electron chi connectivity index (χ2n) is 5.00. The van der Waals surface area contributed by atoms with Crippen LogP contribution >= 0.6 is 23.2 Å². The third kappa shape index (κ3) is 2.62. The fourth-order valence-electron chi connectivity index (χ4n) is 2.97. The Kier molecular flexibility index (Phi) is 4.35. The van der Waals surface area contributed by atoms with Gasteiger partial charge < -0.3 is 5.73 Å². The van der Waals surface area contributed by atoms with Gasteiger partial charge in [0, 0.05) is 22.0 Å². The molecule has 1 fully saturated rings. The predicted octanol–water partition coefficient (Wildman–Crippen LogP) is 4.54. The first kappa shape index (κ1) is 13.2. The SMILES string of the molecule is NCC1(c2c(Cl)cccc2Cl)CCCCCC1. The Morgan fingerprint density at radius 3 is 2.00 bits per heavy atom. The number of halogens is 2. The maximum atomic E-state index is 6.34. The zero-order valence-electron chi connectivity index (χ0n) is 10.0. The molecule has 0 heterocycles. The minimum Gasteiger partial charge on any atom is -0.330 e. The summed E-state index contributed by atoms with van der Waals surface area (Å²) in [6.45, 7) is 0.635. The van der Waals surface area contributed by atoms with Gasteiger partial charge in [-0.2, -0.15) is 0 Å². The molecule has 0 amide bonds. The molecule has 0 atom stereocenters. The van der Waals surface area contributed by atoms with Crippen molar-refractivity contribution >= 4 is 23.2 Å². The van der Waals surface area contributed by atoms with E-state index in [0.717, 1.165) is 28.5 Å². The van der Waals surface area contributed by atoms with Crippen LogP contribution in [0.15, 0.2) is 18.2 Å². The van der Waals surface area contributed by atoms with Crippen LogP contribution < -0.4 is 5.73 Å². The summed E-state index contributed by atoms with van der Waals surface area (Å²) in [4.78, 5) is 0. The Labute approximate surface area is 113 Å². The van der Waals surface area contributed by atoms with Crippen LogP contribution in [0.1, 0.15) is 44.1 Å². The molecule has 1 nitrogen and oxygen atoms in total. The van der Waals surface area contributed by atoms with Crippen molar-refractivity contribution in [1.29, 1.82) is 0 Å². The number of hydrogen-bond acceptors (Lipinski definition) is 1. The molecule has 2 rings (SSSR count). The predicted molar refractivity (Wildman–Crippen MR) is 74.9 cm³/mol. The van der Waals surface area contributed by atoms with Gasteiger partial charge in [-0.3, -0.25) is 0 Å². The standard InChI is InChI=1S/C14H19Cl2N/c15-11-6-5-7-12(16)13(11)14(10-17)8-3-1-2-4-9-14/h5-7H,1-4,8-10,17H2.